The van der Waals surface area contributed by atoms with Crippen molar-refractivity contribution in [3.63, 3.8) is 0 Å². The molecule has 1 saturated carbocycles. The van der Waals surface area contributed by atoms with Crippen LogP contribution >= 0.6 is 0 Å². The fourth-order valence-corrected chi connectivity index (χ4v) is 2.78. The van der Waals surface area contributed by atoms with Crippen LogP contribution in [0.1, 0.15) is 38.5 Å². The molecule has 0 aromatic rings. The van der Waals surface area contributed by atoms with Gasteiger partial charge in [-0.15, -0.1) is 0 Å². The van der Waals surface area contributed by atoms with Crippen molar-refractivity contribution < 1.29 is 14.4 Å². The maximum absolute atomic E-state index is 12.0. The molecule has 3 N–H and O–H groups in total. The lowest BCUT2D eigenvalue weighted by atomic mass is 9.83. The largest absolute Gasteiger partial charge is 0.328 e. The van der Waals surface area contributed by atoms with Crippen LogP contribution in [0.15, 0.2) is 0 Å². The second kappa shape index (κ2) is 6.14. The van der Waals surface area contributed by atoms with Crippen LogP contribution in [0, 0.1) is 5.92 Å². The summed E-state index contributed by atoms with van der Waals surface area (Å²) in [6.07, 6.45) is 5.47. The third-order valence-corrected chi connectivity index (χ3v) is 3.96. The minimum Gasteiger partial charge on any atom is -0.328 e. The summed E-state index contributed by atoms with van der Waals surface area (Å²) in [5.74, 6) is -0.336. The van der Waals surface area contributed by atoms with Crippen LogP contribution in [0.4, 0.5) is 0 Å². The van der Waals surface area contributed by atoms with Gasteiger partial charge >= 0.3 is 0 Å². The predicted molar refractivity (Wildman–Crippen MR) is 68.9 cm³/mol. The van der Waals surface area contributed by atoms with Crippen molar-refractivity contribution in [2.75, 3.05) is 13.1 Å². The molecule has 0 unspecified atom stereocenters. The monoisotopic (exact) mass is 267 g/mol. The molecule has 1 heterocycles. The molecule has 0 bridgehead atoms. The lowest BCUT2D eigenvalue weighted by Crippen LogP contribution is -2.53. The van der Waals surface area contributed by atoms with Gasteiger partial charge in [0.05, 0.1) is 0 Å². The van der Waals surface area contributed by atoms with E-state index in [2.05, 4.69) is 5.32 Å². The molecule has 1 aliphatic carbocycles. The Balaban J connectivity index is 1.75. The van der Waals surface area contributed by atoms with Crippen LogP contribution < -0.4 is 11.1 Å². The smallest absolute Gasteiger partial charge is 0.246 e. The summed E-state index contributed by atoms with van der Waals surface area (Å²) in [6, 6.07) is 0.315. The van der Waals surface area contributed by atoms with E-state index in [1.54, 1.807) is 0 Å². The quantitative estimate of drug-likeness (QED) is 0.691. The fraction of sp³-hybridized carbons (Fsp3) is 0.769. The van der Waals surface area contributed by atoms with E-state index in [0.29, 0.717) is 18.4 Å². The van der Waals surface area contributed by atoms with Gasteiger partial charge in [0.25, 0.3) is 0 Å². The van der Waals surface area contributed by atoms with Gasteiger partial charge in [0, 0.05) is 12.5 Å². The molecule has 2 rings (SSSR count). The van der Waals surface area contributed by atoms with Gasteiger partial charge in [-0.2, -0.15) is 0 Å². The number of nitrogens with two attached hydrogens (primary N) is 1. The Kier molecular flexibility index (Phi) is 4.52. The summed E-state index contributed by atoms with van der Waals surface area (Å²) >= 11 is 0. The number of hydrogen-bond acceptors (Lipinski definition) is 4. The second-order valence-corrected chi connectivity index (χ2v) is 5.54. The number of piperazine rings is 1. The summed E-state index contributed by atoms with van der Waals surface area (Å²) < 4.78 is 0. The molecule has 3 amide bonds. The molecular weight excluding hydrogens is 246 g/mol. The molecule has 0 aromatic heterocycles. The molecule has 2 fully saturated rings. The first-order valence-corrected chi connectivity index (χ1v) is 6.90. The molecule has 6 heteroatoms. The summed E-state index contributed by atoms with van der Waals surface area (Å²) in [6.45, 7) is 0.000226. The van der Waals surface area contributed by atoms with E-state index in [9.17, 15) is 14.4 Å². The minimum atomic E-state index is -0.395. The van der Waals surface area contributed by atoms with Crippen LogP contribution in [0.5, 0.6) is 0 Å². The van der Waals surface area contributed by atoms with Gasteiger partial charge in [-0.05, 0) is 38.0 Å². The standard InChI is InChI=1S/C13H21N3O3/c14-10-4-1-9(2-5-10)3-6-13(19)16-7-11(17)15-12(18)8-16/h9-10H,1-8,14H2,(H,15,17,18). The Bertz CT molecular complexity index is 359. The van der Waals surface area contributed by atoms with E-state index >= 15 is 0 Å². The van der Waals surface area contributed by atoms with Crippen molar-refractivity contribution in [2.24, 2.45) is 11.7 Å². The molecule has 2 aliphatic rings. The number of carbonyl (C=O) groups is 3. The van der Waals surface area contributed by atoms with Crippen molar-refractivity contribution in [1.29, 1.82) is 0 Å². The summed E-state index contributed by atoms with van der Waals surface area (Å²) in [4.78, 5) is 35.7. The van der Waals surface area contributed by atoms with E-state index < -0.39 is 11.8 Å². The van der Waals surface area contributed by atoms with Gasteiger partial charge in [-0.1, -0.05) is 0 Å². The van der Waals surface area contributed by atoms with Crippen LogP contribution in [-0.4, -0.2) is 41.8 Å². The van der Waals surface area contributed by atoms with Crippen LogP contribution in [0.3, 0.4) is 0 Å². The number of carbonyl (C=O) groups excluding carboxylic acids is 3. The Labute approximate surface area is 112 Å². The summed E-state index contributed by atoms with van der Waals surface area (Å²) in [5.41, 5.74) is 5.84. The van der Waals surface area contributed by atoms with Gasteiger partial charge in [0.2, 0.25) is 17.7 Å². The van der Waals surface area contributed by atoms with Crippen LogP contribution in [0.2, 0.25) is 0 Å². The average Bonchev–Trinajstić information content (AvgIpc) is 2.36. The number of imide groups is 1. The molecular formula is C13H21N3O3. The Morgan fingerprint density at radius 2 is 1.74 bits per heavy atom. The maximum atomic E-state index is 12.0. The van der Waals surface area contributed by atoms with Gasteiger partial charge in [0.15, 0.2) is 0 Å². The number of nitrogens with zero attached hydrogens (tertiary/aromatic N) is 1. The fourth-order valence-electron chi connectivity index (χ4n) is 2.78. The zero-order chi connectivity index (χ0) is 13.8. The van der Waals surface area contributed by atoms with Crippen molar-refractivity contribution in [1.82, 2.24) is 10.2 Å². The molecule has 0 aromatic carbocycles. The van der Waals surface area contributed by atoms with Gasteiger partial charge in [-0.25, -0.2) is 0 Å². The number of rotatable bonds is 3. The molecule has 19 heavy (non-hydrogen) atoms. The molecule has 1 saturated heterocycles. The van der Waals surface area contributed by atoms with Crippen molar-refractivity contribution in [3.05, 3.63) is 0 Å². The Hall–Kier alpha value is -1.43. The average molecular weight is 267 g/mol. The van der Waals surface area contributed by atoms with E-state index in [-0.39, 0.29) is 19.0 Å². The molecule has 1 aliphatic heterocycles. The third-order valence-electron chi connectivity index (χ3n) is 3.96. The number of hydrogen-bond donors (Lipinski definition) is 2. The highest BCUT2D eigenvalue weighted by molar-refractivity contribution is 6.02. The molecule has 0 radical (unpaired) electrons. The van der Waals surface area contributed by atoms with E-state index in [4.69, 9.17) is 5.73 Å². The van der Waals surface area contributed by atoms with Crippen LogP contribution in [0.25, 0.3) is 0 Å². The highest BCUT2D eigenvalue weighted by atomic mass is 16.2. The first-order valence-electron chi connectivity index (χ1n) is 6.90. The minimum absolute atomic E-state index is 0.000113. The van der Waals surface area contributed by atoms with Crippen molar-refractivity contribution in [3.8, 4) is 0 Å². The molecule has 0 spiro atoms. The van der Waals surface area contributed by atoms with E-state index in [1.807, 2.05) is 0 Å². The Morgan fingerprint density at radius 3 is 2.32 bits per heavy atom. The number of amides is 3. The highest BCUT2D eigenvalue weighted by Gasteiger charge is 2.27. The van der Waals surface area contributed by atoms with E-state index in [0.717, 1.165) is 32.1 Å². The molecule has 6 nitrogen and oxygen atoms in total. The normalized spacial score (nSPS) is 28.2. The summed E-state index contributed by atoms with van der Waals surface area (Å²) in [7, 11) is 0. The summed E-state index contributed by atoms with van der Waals surface area (Å²) in [5, 5.41) is 2.19. The lowest BCUT2D eigenvalue weighted by Gasteiger charge is -2.28. The van der Waals surface area contributed by atoms with Crippen molar-refractivity contribution in [2.45, 2.75) is 44.6 Å². The van der Waals surface area contributed by atoms with Gasteiger partial charge in [-0.3, -0.25) is 19.7 Å². The van der Waals surface area contributed by atoms with Crippen molar-refractivity contribution >= 4 is 17.7 Å². The highest BCUT2D eigenvalue weighted by Crippen LogP contribution is 2.27. The zero-order valence-corrected chi connectivity index (χ0v) is 11.1. The topological polar surface area (TPSA) is 92.5 Å². The second-order valence-electron chi connectivity index (χ2n) is 5.54. The van der Waals surface area contributed by atoms with Crippen LogP contribution in [-0.2, 0) is 14.4 Å². The van der Waals surface area contributed by atoms with Gasteiger partial charge < -0.3 is 10.6 Å². The predicted octanol–water partition coefficient (Wildman–Crippen LogP) is -0.231. The lowest BCUT2D eigenvalue weighted by molar-refractivity contribution is -0.145. The molecule has 0 atom stereocenters. The third kappa shape index (κ3) is 4.02. The number of nitrogens with one attached hydrogen (secondary N) is 1. The van der Waals surface area contributed by atoms with E-state index in [1.165, 1.54) is 4.90 Å². The zero-order valence-electron chi connectivity index (χ0n) is 11.1. The SMILES string of the molecule is NC1CCC(CCC(=O)N2CC(=O)NC(=O)C2)CC1. The first kappa shape index (κ1) is 14.0. The Morgan fingerprint density at radius 1 is 1.16 bits per heavy atom. The van der Waals surface area contributed by atoms with Gasteiger partial charge in [0.1, 0.15) is 13.1 Å². The molecule has 106 valence electrons. The first-order chi connectivity index (χ1) is 9.04. The maximum Gasteiger partial charge on any atom is 0.246 e.